The molecule has 1 nitrogen and oxygen atoms in total. The highest BCUT2D eigenvalue weighted by Crippen LogP contribution is 2.34. The number of aliphatic hydroxyl groups excluding tert-OH is 1. The Bertz CT molecular complexity index is 254. The summed E-state index contributed by atoms with van der Waals surface area (Å²) in [5.74, 6) is 0.352. The molecule has 1 aliphatic carbocycles. The number of hydrogen-bond acceptors (Lipinski definition) is 2. The normalized spacial score (nSPS) is 30.0. The molecule has 0 amide bonds. The molecule has 0 radical (unpaired) electrons. The Morgan fingerprint density at radius 2 is 2.45 bits per heavy atom. The molecule has 0 saturated heterocycles. The van der Waals surface area contributed by atoms with Gasteiger partial charge in [0, 0.05) is 10.8 Å². The number of rotatable bonds is 0. The van der Waals surface area contributed by atoms with Gasteiger partial charge in [0.2, 0.25) is 0 Å². The number of aryl methyl sites for hydroxylation is 1. The summed E-state index contributed by atoms with van der Waals surface area (Å²) in [6.07, 6.45) is 1.89. The molecule has 1 aromatic rings. The Labute approximate surface area is 70.7 Å². The molecule has 1 heterocycles. The Hall–Kier alpha value is -0.340. The van der Waals surface area contributed by atoms with Crippen LogP contribution in [0.2, 0.25) is 0 Å². The zero-order valence-corrected chi connectivity index (χ0v) is 7.40. The second-order valence-electron chi connectivity index (χ2n) is 3.19. The summed E-state index contributed by atoms with van der Waals surface area (Å²) < 4.78 is 0. The van der Waals surface area contributed by atoms with Crippen molar-refractivity contribution >= 4 is 11.3 Å². The molecule has 2 unspecified atom stereocenters. The second kappa shape index (κ2) is 2.61. The minimum absolute atomic E-state index is 0.114. The van der Waals surface area contributed by atoms with Crippen molar-refractivity contribution in [3.8, 4) is 0 Å². The van der Waals surface area contributed by atoms with Crippen LogP contribution in [0.25, 0.3) is 0 Å². The maximum atomic E-state index is 9.55. The van der Waals surface area contributed by atoms with Crippen LogP contribution >= 0.6 is 11.3 Å². The quantitative estimate of drug-likeness (QED) is 0.629. The van der Waals surface area contributed by atoms with Crippen LogP contribution in [-0.2, 0) is 6.42 Å². The molecule has 60 valence electrons. The van der Waals surface area contributed by atoms with Crippen LogP contribution in [0.1, 0.15) is 29.7 Å². The van der Waals surface area contributed by atoms with E-state index in [4.69, 9.17) is 0 Å². The van der Waals surface area contributed by atoms with Crippen molar-refractivity contribution < 1.29 is 5.11 Å². The van der Waals surface area contributed by atoms with Gasteiger partial charge in [-0.25, -0.2) is 0 Å². The molecule has 0 aliphatic heterocycles. The van der Waals surface area contributed by atoms with Crippen molar-refractivity contribution in [2.45, 2.75) is 31.8 Å². The summed E-state index contributed by atoms with van der Waals surface area (Å²) in [6.45, 7) is 2.11. The van der Waals surface area contributed by atoms with Crippen LogP contribution in [0.15, 0.2) is 11.4 Å². The fourth-order valence-corrected chi connectivity index (χ4v) is 2.70. The van der Waals surface area contributed by atoms with E-state index in [1.165, 1.54) is 10.4 Å². The average Bonchev–Trinajstić information content (AvgIpc) is 2.45. The molecule has 1 aromatic heterocycles. The number of aliphatic hydroxyl groups is 1. The molecule has 0 bridgehead atoms. The zero-order valence-electron chi connectivity index (χ0n) is 6.58. The molecular formula is C9H12OS. The van der Waals surface area contributed by atoms with Gasteiger partial charge < -0.3 is 5.11 Å². The Morgan fingerprint density at radius 1 is 1.64 bits per heavy atom. The standard InChI is InChI=1S/C9H12OS/c1-6-7-4-5-11-9(7)3-2-8(6)10/h4-6,8,10H,2-3H2,1H3. The Kier molecular flexibility index (Phi) is 1.74. The predicted molar refractivity (Wildman–Crippen MR) is 47.1 cm³/mol. The summed E-state index contributed by atoms with van der Waals surface area (Å²) >= 11 is 1.82. The third-order valence-electron chi connectivity index (χ3n) is 2.51. The predicted octanol–water partition coefficient (Wildman–Crippen LogP) is 2.16. The first-order valence-corrected chi connectivity index (χ1v) is 4.91. The van der Waals surface area contributed by atoms with Crippen LogP contribution in [0.4, 0.5) is 0 Å². The number of fused-ring (bicyclic) bond motifs is 1. The SMILES string of the molecule is CC1c2ccsc2CCC1O. The highest BCUT2D eigenvalue weighted by Gasteiger charge is 2.24. The van der Waals surface area contributed by atoms with Crippen molar-refractivity contribution in [3.63, 3.8) is 0 Å². The van der Waals surface area contributed by atoms with Gasteiger partial charge in [-0.3, -0.25) is 0 Å². The van der Waals surface area contributed by atoms with E-state index in [-0.39, 0.29) is 6.10 Å². The Balaban J connectivity index is 2.38. The first kappa shape index (κ1) is 7.32. The highest BCUT2D eigenvalue weighted by atomic mass is 32.1. The molecule has 11 heavy (non-hydrogen) atoms. The molecular weight excluding hydrogens is 156 g/mol. The van der Waals surface area contributed by atoms with Crippen molar-refractivity contribution in [1.29, 1.82) is 0 Å². The second-order valence-corrected chi connectivity index (χ2v) is 4.19. The molecule has 2 atom stereocenters. The van der Waals surface area contributed by atoms with E-state index in [0.29, 0.717) is 5.92 Å². The monoisotopic (exact) mass is 168 g/mol. The van der Waals surface area contributed by atoms with Gasteiger partial charge in [-0.1, -0.05) is 6.92 Å². The van der Waals surface area contributed by atoms with E-state index >= 15 is 0 Å². The van der Waals surface area contributed by atoms with Crippen LogP contribution in [-0.4, -0.2) is 11.2 Å². The fourth-order valence-electron chi connectivity index (χ4n) is 1.70. The third kappa shape index (κ3) is 1.10. The van der Waals surface area contributed by atoms with E-state index in [2.05, 4.69) is 18.4 Å². The smallest absolute Gasteiger partial charge is 0.0609 e. The van der Waals surface area contributed by atoms with Gasteiger partial charge in [-0.05, 0) is 29.9 Å². The van der Waals surface area contributed by atoms with Crippen LogP contribution in [0.3, 0.4) is 0 Å². The van der Waals surface area contributed by atoms with Gasteiger partial charge in [0.1, 0.15) is 0 Å². The molecule has 0 aromatic carbocycles. The lowest BCUT2D eigenvalue weighted by molar-refractivity contribution is 0.133. The molecule has 0 fully saturated rings. The lowest BCUT2D eigenvalue weighted by atomic mass is 9.87. The van der Waals surface area contributed by atoms with E-state index in [9.17, 15) is 5.11 Å². The van der Waals surface area contributed by atoms with E-state index in [0.717, 1.165) is 12.8 Å². The van der Waals surface area contributed by atoms with E-state index in [1.807, 2.05) is 11.3 Å². The van der Waals surface area contributed by atoms with E-state index < -0.39 is 0 Å². The number of hydrogen-bond donors (Lipinski definition) is 1. The average molecular weight is 168 g/mol. The summed E-state index contributed by atoms with van der Waals surface area (Å²) in [5.41, 5.74) is 1.37. The molecule has 2 rings (SSSR count). The van der Waals surface area contributed by atoms with Gasteiger partial charge in [0.05, 0.1) is 6.10 Å². The van der Waals surface area contributed by atoms with Crippen molar-refractivity contribution in [3.05, 3.63) is 21.9 Å². The third-order valence-corrected chi connectivity index (χ3v) is 3.51. The first-order chi connectivity index (χ1) is 5.29. The lowest BCUT2D eigenvalue weighted by Crippen LogP contribution is -2.21. The van der Waals surface area contributed by atoms with Crippen LogP contribution in [0, 0.1) is 0 Å². The lowest BCUT2D eigenvalue weighted by Gasteiger charge is -2.24. The number of thiophene rings is 1. The maximum Gasteiger partial charge on any atom is 0.0609 e. The largest absolute Gasteiger partial charge is 0.392 e. The van der Waals surface area contributed by atoms with Crippen molar-refractivity contribution in [1.82, 2.24) is 0 Å². The van der Waals surface area contributed by atoms with Gasteiger partial charge in [-0.2, -0.15) is 0 Å². The van der Waals surface area contributed by atoms with Crippen LogP contribution < -0.4 is 0 Å². The summed E-state index contributed by atoms with van der Waals surface area (Å²) in [7, 11) is 0. The van der Waals surface area contributed by atoms with Gasteiger partial charge in [0.25, 0.3) is 0 Å². The topological polar surface area (TPSA) is 20.2 Å². The summed E-state index contributed by atoms with van der Waals surface area (Å²) in [4.78, 5) is 1.47. The highest BCUT2D eigenvalue weighted by molar-refractivity contribution is 7.10. The minimum atomic E-state index is -0.114. The van der Waals surface area contributed by atoms with Gasteiger partial charge in [-0.15, -0.1) is 11.3 Å². The molecule has 0 spiro atoms. The Morgan fingerprint density at radius 3 is 3.27 bits per heavy atom. The van der Waals surface area contributed by atoms with Crippen molar-refractivity contribution in [2.24, 2.45) is 0 Å². The molecule has 0 saturated carbocycles. The van der Waals surface area contributed by atoms with Gasteiger partial charge in [0.15, 0.2) is 0 Å². The van der Waals surface area contributed by atoms with Gasteiger partial charge >= 0.3 is 0 Å². The summed E-state index contributed by atoms with van der Waals surface area (Å²) in [6, 6.07) is 2.15. The maximum absolute atomic E-state index is 9.55. The molecule has 1 aliphatic rings. The van der Waals surface area contributed by atoms with Crippen LogP contribution in [0.5, 0.6) is 0 Å². The van der Waals surface area contributed by atoms with Crippen molar-refractivity contribution in [2.75, 3.05) is 0 Å². The molecule has 2 heteroatoms. The van der Waals surface area contributed by atoms with E-state index in [1.54, 1.807) is 0 Å². The minimum Gasteiger partial charge on any atom is -0.392 e. The first-order valence-electron chi connectivity index (χ1n) is 4.03. The zero-order chi connectivity index (χ0) is 7.84. The molecule has 1 N–H and O–H groups in total. The fraction of sp³-hybridized carbons (Fsp3) is 0.556. The summed E-state index contributed by atoms with van der Waals surface area (Å²) in [5, 5.41) is 11.7.